The summed E-state index contributed by atoms with van der Waals surface area (Å²) < 4.78 is 5.06. The van der Waals surface area contributed by atoms with Crippen molar-refractivity contribution in [3.8, 4) is 5.75 Å². The summed E-state index contributed by atoms with van der Waals surface area (Å²) in [7, 11) is 1.42. The minimum atomic E-state index is -1.23. The second kappa shape index (κ2) is 7.08. The summed E-state index contributed by atoms with van der Waals surface area (Å²) in [6.07, 6.45) is 0. The molecule has 0 aromatic heterocycles. The van der Waals surface area contributed by atoms with Crippen molar-refractivity contribution in [3.05, 3.63) is 65.2 Å². The molecule has 7 heteroatoms. The van der Waals surface area contributed by atoms with Crippen LogP contribution in [0.25, 0.3) is 0 Å². The van der Waals surface area contributed by atoms with Gasteiger partial charge in [0.25, 0.3) is 11.8 Å². The van der Waals surface area contributed by atoms with E-state index in [1.165, 1.54) is 37.4 Å². The van der Waals surface area contributed by atoms with Crippen LogP contribution in [-0.4, -0.2) is 30.0 Å². The van der Waals surface area contributed by atoms with Crippen molar-refractivity contribution in [2.45, 2.75) is 0 Å². The molecule has 0 radical (unpaired) electrons. The Morgan fingerprint density at radius 1 is 0.826 bits per heavy atom. The van der Waals surface area contributed by atoms with Crippen LogP contribution in [0.1, 0.15) is 31.1 Å². The van der Waals surface area contributed by atoms with Crippen molar-refractivity contribution in [2.24, 2.45) is 0 Å². The van der Waals surface area contributed by atoms with Crippen LogP contribution in [0.4, 0.5) is 0 Å². The molecule has 2 aromatic carbocycles. The number of para-hydroxylation sites is 1. The van der Waals surface area contributed by atoms with E-state index in [9.17, 15) is 14.4 Å². The average Bonchev–Trinajstić information content (AvgIpc) is 2.59. The predicted octanol–water partition coefficient (Wildman–Crippen LogP) is 1.47. The third kappa shape index (κ3) is 3.65. The van der Waals surface area contributed by atoms with Crippen LogP contribution in [-0.2, 0) is 0 Å². The van der Waals surface area contributed by atoms with E-state index in [4.69, 9.17) is 9.84 Å². The predicted molar refractivity (Wildman–Crippen MR) is 81.3 cm³/mol. The molecular weight excluding hydrogens is 300 g/mol. The monoisotopic (exact) mass is 314 g/mol. The second-order valence-electron chi connectivity index (χ2n) is 4.46. The fourth-order valence-corrected chi connectivity index (χ4v) is 1.95. The fraction of sp³-hybridized carbons (Fsp3) is 0.0625. The Morgan fingerprint density at radius 2 is 1.30 bits per heavy atom. The first-order chi connectivity index (χ1) is 11.0. The molecule has 0 atom stereocenters. The number of hydrogen-bond donors (Lipinski definition) is 3. The van der Waals surface area contributed by atoms with E-state index >= 15 is 0 Å². The molecule has 0 aliphatic rings. The molecule has 7 nitrogen and oxygen atoms in total. The van der Waals surface area contributed by atoms with Gasteiger partial charge in [-0.2, -0.15) is 0 Å². The molecule has 118 valence electrons. The molecule has 0 saturated carbocycles. The van der Waals surface area contributed by atoms with Gasteiger partial charge in [-0.15, -0.1) is 0 Å². The van der Waals surface area contributed by atoms with Crippen molar-refractivity contribution in [3.63, 3.8) is 0 Å². The maximum Gasteiger partial charge on any atom is 0.336 e. The van der Waals surface area contributed by atoms with Crippen molar-refractivity contribution >= 4 is 17.8 Å². The zero-order valence-corrected chi connectivity index (χ0v) is 12.2. The number of carbonyl (C=O) groups excluding carboxylic acids is 2. The fourth-order valence-electron chi connectivity index (χ4n) is 1.95. The molecular formula is C16H14N2O5. The number of aromatic carboxylic acids is 1. The summed E-state index contributed by atoms with van der Waals surface area (Å²) >= 11 is 0. The highest BCUT2D eigenvalue weighted by molar-refractivity contribution is 6.06. The number of rotatable bonds is 4. The summed E-state index contributed by atoms with van der Waals surface area (Å²) in [4.78, 5) is 35.2. The van der Waals surface area contributed by atoms with E-state index in [0.717, 1.165) is 0 Å². The lowest BCUT2D eigenvalue weighted by Crippen LogP contribution is -2.42. The smallest absolute Gasteiger partial charge is 0.336 e. The molecule has 0 fully saturated rings. The summed E-state index contributed by atoms with van der Waals surface area (Å²) in [6.45, 7) is 0. The molecule has 2 aromatic rings. The SMILES string of the molecule is COc1ccccc1C(=O)NNC(=O)c1ccccc1C(=O)O. The molecule has 0 aliphatic heterocycles. The van der Waals surface area contributed by atoms with Crippen LogP contribution in [0.2, 0.25) is 0 Å². The number of carboxylic acids is 1. The van der Waals surface area contributed by atoms with Gasteiger partial charge in [-0.1, -0.05) is 24.3 Å². The van der Waals surface area contributed by atoms with Crippen LogP contribution in [0.15, 0.2) is 48.5 Å². The van der Waals surface area contributed by atoms with Crippen LogP contribution in [0.5, 0.6) is 5.75 Å². The molecule has 23 heavy (non-hydrogen) atoms. The normalized spacial score (nSPS) is 9.78. The third-order valence-corrected chi connectivity index (χ3v) is 3.04. The van der Waals surface area contributed by atoms with Gasteiger partial charge in [-0.05, 0) is 24.3 Å². The number of hydrogen-bond acceptors (Lipinski definition) is 4. The molecule has 0 unspecified atom stereocenters. The Kier molecular flexibility index (Phi) is 4.93. The number of nitrogens with one attached hydrogen (secondary N) is 2. The quantitative estimate of drug-likeness (QED) is 0.741. The van der Waals surface area contributed by atoms with Gasteiger partial charge < -0.3 is 9.84 Å². The third-order valence-electron chi connectivity index (χ3n) is 3.04. The molecule has 0 aliphatic carbocycles. The van der Waals surface area contributed by atoms with E-state index in [0.29, 0.717) is 5.75 Å². The number of carboxylic acid groups (broad SMARTS) is 1. The van der Waals surface area contributed by atoms with E-state index in [-0.39, 0.29) is 16.7 Å². The van der Waals surface area contributed by atoms with E-state index in [1.54, 1.807) is 18.2 Å². The number of carbonyl (C=O) groups is 3. The summed E-state index contributed by atoms with van der Waals surface area (Å²) in [5.74, 6) is -2.19. The highest BCUT2D eigenvalue weighted by atomic mass is 16.5. The number of amides is 2. The first-order valence-electron chi connectivity index (χ1n) is 6.60. The van der Waals surface area contributed by atoms with Crippen molar-refractivity contribution in [1.82, 2.24) is 10.9 Å². The van der Waals surface area contributed by atoms with Gasteiger partial charge in [0.2, 0.25) is 0 Å². The lowest BCUT2D eigenvalue weighted by Gasteiger charge is -2.11. The Bertz CT molecular complexity index is 758. The molecule has 2 rings (SSSR count). The van der Waals surface area contributed by atoms with Crippen LogP contribution >= 0.6 is 0 Å². The van der Waals surface area contributed by atoms with Gasteiger partial charge in [0.05, 0.1) is 23.8 Å². The number of benzene rings is 2. The Balaban J connectivity index is 2.11. The first kappa shape index (κ1) is 16.0. The zero-order chi connectivity index (χ0) is 16.8. The van der Waals surface area contributed by atoms with Crippen molar-refractivity contribution in [1.29, 1.82) is 0 Å². The maximum absolute atomic E-state index is 12.1. The van der Waals surface area contributed by atoms with Crippen LogP contribution in [0, 0.1) is 0 Å². The lowest BCUT2D eigenvalue weighted by molar-refractivity contribution is 0.0690. The maximum atomic E-state index is 12.1. The minimum absolute atomic E-state index is 0.0553. The zero-order valence-electron chi connectivity index (χ0n) is 12.2. The van der Waals surface area contributed by atoms with E-state index in [2.05, 4.69) is 10.9 Å². The van der Waals surface area contributed by atoms with Gasteiger partial charge in [-0.25, -0.2) is 4.79 Å². The highest BCUT2D eigenvalue weighted by Crippen LogP contribution is 2.16. The van der Waals surface area contributed by atoms with Gasteiger partial charge in [0.15, 0.2) is 0 Å². The van der Waals surface area contributed by atoms with Gasteiger partial charge in [0.1, 0.15) is 5.75 Å². The van der Waals surface area contributed by atoms with Crippen LogP contribution < -0.4 is 15.6 Å². The molecule has 0 heterocycles. The van der Waals surface area contributed by atoms with Crippen LogP contribution in [0.3, 0.4) is 0 Å². The van der Waals surface area contributed by atoms with E-state index < -0.39 is 17.8 Å². The first-order valence-corrected chi connectivity index (χ1v) is 6.60. The number of ether oxygens (including phenoxy) is 1. The van der Waals surface area contributed by atoms with Gasteiger partial charge >= 0.3 is 5.97 Å². The molecule has 0 spiro atoms. The van der Waals surface area contributed by atoms with Crippen molar-refractivity contribution < 1.29 is 24.2 Å². The highest BCUT2D eigenvalue weighted by Gasteiger charge is 2.17. The topological polar surface area (TPSA) is 105 Å². The summed E-state index contributed by atoms with van der Waals surface area (Å²) in [5, 5.41) is 9.05. The summed E-state index contributed by atoms with van der Waals surface area (Å²) in [5.41, 5.74) is 4.44. The standard InChI is InChI=1S/C16H14N2O5/c1-23-13-9-5-4-8-12(13)15(20)18-17-14(19)10-6-2-3-7-11(10)16(21)22/h2-9H,1H3,(H,17,19)(H,18,20)(H,21,22). The Labute approximate surface area is 131 Å². The number of methoxy groups -OCH3 is 1. The number of hydrazine groups is 1. The molecule has 2 amide bonds. The minimum Gasteiger partial charge on any atom is -0.496 e. The van der Waals surface area contributed by atoms with Gasteiger partial charge in [0, 0.05) is 0 Å². The largest absolute Gasteiger partial charge is 0.496 e. The second-order valence-corrected chi connectivity index (χ2v) is 4.46. The molecule has 0 bridgehead atoms. The molecule has 3 N–H and O–H groups in total. The summed E-state index contributed by atoms with van der Waals surface area (Å²) in [6, 6.07) is 12.2. The Morgan fingerprint density at radius 3 is 1.87 bits per heavy atom. The van der Waals surface area contributed by atoms with Crippen molar-refractivity contribution in [2.75, 3.05) is 7.11 Å². The molecule has 0 saturated heterocycles. The van der Waals surface area contributed by atoms with Gasteiger partial charge in [-0.3, -0.25) is 20.4 Å². The van der Waals surface area contributed by atoms with E-state index in [1.807, 2.05) is 0 Å². The average molecular weight is 314 g/mol. The Hall–Kier alpha value is -3.35. The lowest BCUT2D eigenvalue weighted by atomic mass is 10.1.